The van der Waals surface area contributed by atoms with Gasteiger partial charge in [-0.3, -0.25) is 9.47 Å². The van der Waals surface area contributed by atoms with Crippen molar-refractivity contribution in [3.05, 3.63) is 29.3 Å². The number of thioether (sulfide) groups is 1. The zero-order valence-electron chi connectivity index (χ0n) is 13.0. The summed E-state index contributed by atoms with van der Waals surface area (Å²) in [5, 5.41) is 10.4. The van der Waals surface area contributed by atoms with Crippen molar-refractivity contribution in [2.45, 2.75) is 24.7 Å². The quantitative estimate of drug-likeness (QED) is 0.848. The molecule has 5 nitrogen and oxygen atoms in total. The van der Waals surface area contributed by atoms with Crippen molar-refractivity contribution >= 4 is 23.4 Å². The predicted octanol–water partition coefficient (Wildman–Crippen LogP) is 3.02. The maximum Gasteiger partial charge on any atom is 0.193 e. The van der Waals surface area contributed by atoms with Gasteiger partial charge in [0.25, 0.3) is 0 Å². The third-order valence-electron chi connectivity index (χ3n) is 4.48. The van der Waals surface area contributed by atoms with E-state index < -0.39 is 0 Å². The van der Waals surface area contributed by atoms with E-state index in [9.17, 15) is 0 Å². The monoisotopic (exact) mass is 349 g/mol. The van der Waals surface area contributed by atoms with Crippen molar-refractivity contribution in [2.24, 2.45) is 0 Å². The first kappa shape index (κ1) is 15.4. The van der Waals surface area contributed by atoms with Gasteiger partial charge in [0.15, 0.2) is 11.0 Å². The number of aromatic nitrogens is 3. The molecule has 2 aliphatic heterocycles. The molecule has 2 aliphatic rings. The summed E-state index contributed by atoms with van der Waals surface area (Å²) >= 11 is 8.09. The Morgan fingerprint density at radius 2 is 1.83 bits per heavy atom. The van der Waals surface area contributed by atoms with E-state index in [1.54, 1.807) is 11.8 Å². The molecule has 0 spiro atoms. The van der Waals surface area contributed by atoms with Gasteiger partial charge in [0.05, 0.1) is 17.6 Å². The zero-order chi connectivity index (χ0) is 15.6. The molecule has 1 aromatic heterocycles. The Bertz CT molecular complexity index is 683. The molecule has 0 amide bonds. The van der Waals surface area contributed by atoms with E-state index in [0.29, 0.717) is 0 Å². The van der Waals surface area contributed by atoms with Crippen LogP contribution in [0.25, 0.3) is 11.4 Å². The van der Waals surface area contributed by atoms with Crippen molar-refractivity contribution < 1.29 is 0 Å². The van der Waals surface area contributed by atoms with E-state index in [1.165, 1.54) is 25.9 Å². The highest BCUT2D eigenvalue weighted by Crippen LogP contribution is 2.32. The molecule has 0 bridgehead atoms. The Morgan fingerprint density at radius 3 is 2.65 bits per heavy atom. The van der Waals surface area contributed by atoms with Crippen molar-refractivity contribution in [1.29, 1.82) is 0 Å². The Morgan fingerprint density at radius 1 is 1.04 bits per heavy atom. The highest BCUT2D eigenvalue weighted by atomic mass is 35.5. The molecule has 4 rings (SSSR count). The van der Waals surface area contributed by atoms with Crippen LogP contribution in [0.2, 0.25) is 5.02 Å². The molecule has 1 saturated heterocycles. The highest BCUT2D eigenvalue weighted by Gasteiger charge is 2.23. The van der Waals surface area contributed by atoms with E-state index in [1.807, 2.05) is 24.3 Å². The number of hydrogen-bond acceptors (Lipinski definition) is 5. The van der Waals surface area contributed by atoms with Crippen molar-refractivity contribution in [2.75, 3.05) is 32.1 Å². The average molecular weight is 350 g/mol. The summed E-state index contributed by atoms with van der Waals surface area (Å²) in [6.45, 7) is 5.59. The lowest BCUT2D eigenvalue weighted by Crippen LogP contribution is -2.37. The second kappa shape index (κ2) is 6.81. The molecule has 122 valence electrons. The molecule has 23 heavy (non-hydrogen) atoms. The molecule has 0 radical (unpaired) electrons. The summed E-state index contributed by atoms with van der Waals surface area (Å²) in [5.41, 5.74) is 0.954. The standard InChI is InChI=1S/C16H20ClN5S/c17-14-6-2-1-5-13(14)15-18-19-16-22(15)11-21(12-23-16)10-9-20-7-3-4-8-20/h1-2,5-6H,3-4,7-12H2. The van der Waals surface area contributed by atoms with Gasteiger partial charge in [0, 0.05) is 18.7 Å². The van der Waals surface area contributed by atoms with E-state index in [2.05, 4.69) is 24.6 Å². The average Bonchev–Trinajstić information content (AvgIpc) is 3.23. The van der Waals surface area contributed by atoms with Gasteiger partial charge < -0.3 is 4.90 Å². The van der Waals surface area contributed by atoms with Crippen LogP contribution in [-0.4, -0.2) is 56.6 Å². The summed E-state index contributed by atoms with van der Waals surface area (Å²) in [6.07, 6.45) is 2.70. The van der Waals surface area contributed by atoms with Gasteiger partial charge in [-0.1, -0.05) is 35.5 Å². The fraction of sp³-hybridized carbons (Fsp3) is 0.500. The maximum atomic E-state index is 6.33. The highest BCUT2D eigenvalue weighted by molar-refractivity contribution is 7.99. The van der Waals surface area contributed by atoms with Gasteiger partial charge in [0.2, 0.25) is 0 Å². The summed E-state index contributed by atoms with van der Waals surface area (Å²) in [5.74, 6) is 1.85. The van der Waals surface area contributed by atoms with Crippen LogP contribution in [0.3, 0.4) is 0 Å². The lowest BCUT2D eigenvalue weighted by Gasteiger charge is -2.29. The minimum absolute atomic E-state index is 0.724. The number of halogens is 1. The molecule has 0 N–H and O–H groups in total. The number of likely N-dealkylation sites (tertiary alicyclic amines) is 1. The minimum Gasteiger partial charge on any atom is -0.302 e. The second-order valence-corrected chi connectivity index (χ2v) is 7.39. The first-order valence-electron chi connectivity index (χ1n) is 8.07. The Balaban J connectivity index is 1.50. The Kier molecular flexibility index (Phi) is 4.57. The third-order valence-corrected chi connectivity index (χ3v) is 5.86. The van der Waals surface area contributed by atoms with Crippen LogP contribution >= 0.6 is 23.4 Å². The molecule has 0 aliphatic carbocycles. The van der Waals surface area contributed by atoms with E-state index >= 15 is 0 Å². The van der Waals surface area contributed by atoms with Crippen molar-refractivity contribution in [1.82, 2.24) is 24.6 Å². The number of rotatable bonds is 4. The van der Waals surface area contributed by atoms with Gasteiger partial charge in [-0.15, -0.1) is 10.2 Å². The van der Waals surface area contributed by atoms with E-state index in [4.69, 9.17) is 11.6 Å². The number of nitrogens with zero attached hydrogens (tertiary/aromatic N) is 5. The molecule has 2 aromatic rings. The summed E-state index contributed by atoms with van der Waals surface area (Å²) < 4.78 is 2.18. The summed E-state index contributed by atoms with van der Waals surface area (Å²) in [6, 6.07) is 7.84. The molecule has 0 unspecified atom stereocenters. The van der Waals surface area contributed by atoms with Gasteiger partial charge in [0.1, 0.15) is 0 Å². The fourth-order valence-electron chi connectivity index (χ4n) is 3.18. The lowest BCUT2D eigenvalue weighted by atomic mass is 10.2. The molecule has 0 saturated carbocycles. The first-order valence-corrected chi connectivity index (χ1v) is 9.43. The van der Waals surface area contributed by atoms with Crippen LogP contribution < -0.4 is 0 Å². The van der Waals surface area contributed by atoms with Gasteiger partial charge in [-0.25, -0.2) is 0 Å². The summed E-state index contributed by atoms with van der Waals surface area (Å²) in [7, 11) is 0. The lowest BCUT2D eigenvalue weighted by molar-refractivity contribution is 0.203. The Hall–Kier alpha value is -1.08. The van der Waals surface area contributed by atoms with Crippen LogP contribution in [-0.2, 0) is 6.67 Å². The molecular weight excluding hydrogens is 330 g/mol. The summed E-state index contributed by atoms with van der Waals surface area (Å²) in [4.78, 5) is 5.01. The minimum atomic E-state index is 0.724. The second-order valence-electron chi connectivity index (χ2n) is 6.07. The molecular formula is C16H20ClN5S. The topological polar surface area (TPSA) is 37.2 Å². The number of benzene rings is 1. The molecule has 7 heteroatoms. The van der Waals surface area contributed by atoms with Crippen LogP contribution in [0.1, 0.15) is 12.8 Å². The molecule has 3 heterocycles. The molecule has 0 atom stereocenters. The van der Waals surface area contributed by atoms with Crippen molar-refractivity contribution in [3.8, 4) is 11.4 Å². The number of fused-ring (bicyclic) bond motifs is 1. The van der Waals surface area contributed by atoms with Gasteiger partial charge in [-0.05, 0) is 38.1 Å². The Labute approximate surface area is 145 Å². The number of hydrogen-bond donors (Lipinski definition) is 0. The van der Waals surface area contributed by atoms with Crippen molar-refractivity contribution in [3.63, 3.8) is 0 Å². The maximum absolute atomic E-state index is 6.33. The SMILES string of the molecule is Clc1ccccc1-c1nnc2n1CN(CCN1CCCC1)CS2. The first-order chi connectivity index (χ1) is 11.3. The van der Waals surface area contributed by atoms with Crippen LogP contribution in [0, 0.1) is 0 Å². The molecule has 1 fully saturated rings. The third kappa shape index (κ3) is 3.26. The predicted molar refractivity (Wildman–Crippen MR) is 93.6 cm³/mol. The smallest absolute Gasteiger partial charge is 0.193 e. The van der Waals surface area contributed by atoms with Gasteiger partial charge in [-0.2, -0.15) is 0 Å². The van der Waals surface area contributed by atoms with Gasteiger partial charge >= 0.3 is 0 Å². The van der Waals surface area contributed by atoms with Crippen LogP contribution in [0.5, 0.6) is 0 Å². The molecule has 1 aromatic carbocycles. The van der Waals surface area contributed by atoms with E-state index in [-0.39, 0.29) is 0 Å². The van der Waals surface area contributed by atoms with Crippen LogP contribution in [0.4, 0.5) is 0 Å². The fourth-order valence-corrected chi connectivity index (χ4v) is 4.31. The van der Waals surface area contributed by atoms with E-state index in [0.717, 1.165) is 47.2 Å². The largest absolute Gasteiger partial charge is 0.302 e. The zero-order valence-corrected chi connectivity index (χ0v) is 14.6. The normalized spacial score (nSPS) is 19.2. The van der Waals surface area contributed by atoms with Crippen LogP contribution in [0.15, 0.2) is 29.4 Å².